The summed E-state index contributed by atoms with van der Waals surface area (Å²) < 4.78 is 3.99. The molecule has 160 valence electrons. The van der Waals surface area contributed by atoms with Gasteiger partial charge in [-0.1, -0.05) is 35.9 Å². The average Bonchev–Trinajstić information content (AvgIpc) is 3.40. The number of nitrogens with zero attached hydrogens (tertiary/aromatic N) is 6. The molecule has 8 heteroatoms. The molecule has 32 heavy (non-hydrogen) atoms. The second kappa shape index (κ2) is 8.79. The minimum atomic E-state index is 0.679. The van der Waals surface area contributed by atoms with Gasteiger partial charge in [-0.15, -0.1) is 0 Å². The van der Waals surface area contributed by atoms with E-state index in [0.717, 1.165) is 46.4 Å². The van der Waals surface area contributed by atoms with E-state index < -0.39 is 0 Å². The quantitative estimate of drug-likeness (QED) is 0.241. The summed E-state index contributed by atoms with van der Waals surface area (Å²) in [6.45, 7) is 5.62. The fraction of sp³-hybridized carbons (Fsp3) is 0.167. The standard InChI is InChI=1S/C24H22IN7/c1-16-5-3-7-18(11-16)12-31(25)14-21-29-23(19-9-10-22-26-15-27-32(22)13-19)24(30-21)20-8-4-6-17(2)28-20/h3-11,13,15H,12,14H2,1-2H3,(H,29,30). The highest BCUT2D eigenvalue weighted by Crippen LogP contribution is 2.30. The molecule has 5 rings (SSSR count). The lowest BCUT2D eigenvalue weighted by molar-refractivity contribution is 0.489. The molecule has 4 aromatic heterocycles. The summed E-state index contributed by atoms with van der Waals surface area (Å²) in [5.74, 6) is 0.888. The maximum Gasteiger partial charge on any atom is 0.155 e. The Kier molecular flexibility index (Phi) is 5.71. The number of aromatic amines is 1. The van der Waals surface area contributed by atoms with Gasteiger partial charge in [0, 0.05) is 46.9 Å². The monoisotopic (exact) mass is 535 g/mol. The van der Waals surface area contributed by atoms with E-state index in [0.29, 0.717) is 6.54 Å². The molecule has 0 bridgehead atoms. The maximum atomic E-state index is 4.96. The van der Waals surface area contributed by atoms with Crippen molar-refractivity contribution in [2.75, 3.05) is 0 Å². The van der Waals surface area contributed by atoms with E-state index in [1.165, 1.54) is 11.1 Å². The van der Waals surface area contributed by atoms with E-state index in [9.17, 15) is 0 Å². The molecule has 0 saturated heterocycles. The molecule has 1 aromatic carbocycles. The first kappa shape index (κ1) is 20.8. The van der Waals surface area contributed by atoms with Crippen LogP contribution in [0.4, 0.5) is 0 Å². The molecule has 4 heterocycles. The van der Waals surface area contributed by atoms with E-state index in [-0.39, 0.29) is 0 Å². The molecule has 0 fully saturated rings. The molecule has 0 saturated carbocycles. The summed E-state index contributed by atoms with van der Waals surface area (Å²) in [6.07, 6.45) is 3.52. The van der Waals surface area contributed by atoms with Gasteiger partial charge in [-0.25, -0.2) is 17.6 Å². The molecule has 0 amide bonds. The molecule has 0 aliphatic rings. The number of rotatable bonds is 6. The number of aryl methyl sites for hydroxylation is 2. The predicted octanol–water partition coefficient (Wildman–Crippen LogP) is 5.15. The van der Waals surface area contributed by atoms with Gasteiger partial charge in [0.05, 0.1) is 17.9 Å². The Hall–Kier alpha value is -3.11. The first-order valence-corrected chi connectivity index (χ1v) is 11.3. The number of pyridine rings is 2. The second-order valence-corrected chi connectivity index (χ2v) is 9.18. The van der Waals surface area contributed by atoms with Crippen LogP contribution in [0.2, 0.25) is 0 Å². The van der Waals surface area contributed by atoms with Crippen LogP contribution in [0.1, 0.15) is 22.6 Å². The molecule has 0 atom stereocenters. The first-order valence-electron chi connectivity index (χ1n) is 10.3. The van der Waals surface area contributed by atoms with Crippen molar-refractivity contribution in [1.29, 1.82) is 0 Å². The first-order chi connectivity index (χ1) is 15.5. The Morgan fingerprint density at radius 2 is 1.88 bits per heavy atom. The van der Waals surface area contributed by atoms with Crippen molar-refractivity contribution < 1.29 is 0 Å². The van der Waals surface area contributed by atoms with Crippen molar-refractivity contribution in [3.05, 3.63) is 89.8 Å². The topological polar surface area (TPSA) is 75.0 Å². The second-order valence-electron chi connectivity index (χ2n) is 7.82. The van der Waals surface area contributed by atoms with Gasteiger partial charge in [0.1, 0.15) is 17.8 Å². The molecule has 0 aliphatic heterocycles. The highest BCUT2D eigenvalue weighted by Gasteiger charge is 2.17. The van der Waals surface area contributed by atoms with Crippen LogP contribution in [-0.4, -0.2) is 32.7 Å². The number of H-pyrrole nitrogens is 1. The van der Waals surface area contributed by atoms with Crippen LogP contribution in [0.5, 0.6) is 0 Å². The minimum absolute atomic E-state index is 0.679. The van der Waals surface area contributed by atoms with Gasteiger partial charge in [-0.3, -0.25) is 4.98 Å². The number of fused-ring (bicyclic) bond motifs is 1. The van der Waals surface area contributed by atoms with E-state index >= 15 is 0 Å². The number of imidazole rings is 1. The third kappa shape index (κ3) is 4.42. The highest BCUT2D eigenvalue weighted by molar-refractivity contribution is 14.1. The molecule has 0 radical (unpaired) electrons. The van der Waals surface area contributed by atoms with Crippen LogP contribution in [0, 0.1) is 13.8 Å². The van der Waals surface area contributed by atoms with Crippen LogP contribution >= 0.6 is 22.9 Å². The maximum absolute atomic E-state index is 4.96. The van der Waals surface area contributed by atoms with Crippen LogP contribution < -0.4 is 0 Å². The van der Waals surface area contributed by atoms with Crippen molar-refractivity contribution in [3.8, 4) is 22.6 Å². The summed E-state index contributed by atoms with van der Waals surface area (Å²) in [4.78, 5) is 17.5. The molecule has 0 aliphatic carbocycles. The number of hydrogen-bond donors (Lipinski definition) is 1. The van der Waals surface area contributed by atoms with E-state index in [2.05, 4.69) is 72.2 Å². The SMILES string of the molecule is Cc1cccc(CN(I)Cc2nc(-c3cccc(C)n3)c(-c3ccc4ncnn4c3)[nH]2)c1. The van der Waals surface area contributed by atoms with Gasteiger partial charge < -0.3 is 4.98 Å². The molecule has 7 nitrogen and oxygen atoms in total. The summed E-state index contributed by atoms with van der Waals surface area (Å²) in [6, 6.07) is 18.6. The number of hydrogen-bond acceptors (Lipinski definition) is 5. The largest absolute Gasteiger partial charge is 0.340 e. The van der Waals surface area contributed by atoms with Gasteiger partial charge >= 0.3 is 0 Å². The lowest BCUT2D eigenvalue weighted by atomic mass is 10.1. The van der Waals surface area contributed by atoms with Gasteiger partial charge in [-0.2, -0.15) is 5.10 Å². The third-order valence-electron chi connectivity index (χ3n) is 5.20. The van der Waals surface area contributed by atoms with E-state index in [1.807, 2.05) is 43.5 Å². The van der Waals surface area contributed by atoms with Crippen molar-refractivity contribution in [2.45, 2.75) is 26.9 Å². The van der Waals surface area contributed by atoms with Gasteiger partial charge in [0.25, 0.3) is 0 Å². The Balaban J connectivity index is 1.50. The van der Waals surface area contributed by atoms with Gasteiger partial charge in [-0.05, 0) is 43.7 Å². The number of benzene rings is 1. The summed E-state index contributed by atoms with van der Waals surface area (Å²) in [5.41, 5.74) is 7.91. The lowest BCUT2D eigenvalue weighted by Crippen LogP contribution is -2.11. The van der Waals surface area contributed by atoms with Crippen molar-refractivity contribution in [1.82, 2.24) is 32.7 Å². The van der Waals surface area contributed by atoms with E-state index in [1.54, 1.807) is 10.8 Å². The number of nitrogens with one attached hydrogen (secondary N) is 1. The summed E-state index contributed by atoms with van der Waals surface area (Å²) in [7, 11) is 0. The van der Waals surface area contributed by atoms with Crippen LogP contribution in [-0.2, 0) is 13.1 Å². The smallest absolute Gasteiger partial charge is 0.155 e. The van der Waals surface area contributed by atoms with E-state index in [4.69, 9.17) is 9.97 Å². The molecular formula is C24H22IN7. The fourth-order valence-electron chi connectivity index (χ4n) is 3.76. The van der Waals surface area contributed by atoms with Gasteiger partial charge in [0.2, 0.25) is 0 Å². The fourth-order valence-corrected chi connectivity index (χ4v) is 4.48. The zero-order valence-electron chi connectivity index (χ0n) is 17.8. The zero-order valence-corrected chi connectivity index (χ0v) is 20.0. The van der Waals surface area contributed by atoms with Crippen LogP contribution in [0.15, 0.2) is 67.1 Å². The molecule has 5 aromatic rings. The highest BCUT2D eigenvalue weighted by atomic mass is 127. The van der Waals surface area contributed by atoms with Crippen molar-refractivity contribution in [3.63, 3.8) is 0 Å². The van der Waals surface area contributed by atoms with Crippen molar-refractivity contribution >= 4 is 28.5 Å². The predicted molar refractivity (Wildman–Crippen MR) is 133 cm³/mol. The number of halogens is 1. The van der Waals surface area contributed by atoms with Crippen molar-refractivity contribution in [2.24, 2.45) is 0 Å². The van der Waals surface area contributed by atoms with Gasteiger partial charge in [0.15, 0.2) is 5.65 Å². The number of aromatic nitrogens is 6. The Labute approximate surface area is 200 Å². The minimum Gasteiger partial charge on any atom is -0.340 e. The molecular weight excluding hydrogens is 513 g/mol. The normalized spacial score (nSPS) is 11.5. The Morgan fingerprint density at radius 3 is 2.72 bits per heavy atom. The van der Waals surface area contributed by atoms with Crippen LogP contribution in [0.3, 0.4) is 0 Å². The summed E-state index contributed by atoms with van der Waals surface area (Å²) in [5, 5.41) is 4.28. The Morgan fingerprint density at radius 1 is 1.00 bits per heavy atom. The third-order valence-corrected chi connectivity index (χ3v) is 5.89. The average molecular weight is 535 g/mol. The van der Waals surface area contributed by atoms with Crippen LogP contribution in [0.25, 0.3) is 28.3 Å². The Bertz CT molecular complexity index is 1390. The summed E-state index contributed by atoms with van der Waals surface area (Å²) >= 11 is 2.36. The molecule has 0 spiro atoms. The lowest BCUT2D eigenvalue weighted by Gasteiger charge is -2.13. The molecule has 0 unspecified atom stereocenters. The zero-order chi connectivity index (χ0) is 22.1. The molecule has 1 N–H and O–H groups in total.